The van der Waals surface area contributed by atoms with E-state index in [1.165, 1.54) is 10.4 Å². The average Bonchev–Trinajstić information content (AvgIpc) is 3.39. The summed E-state index contributed by atoms with van der Waals surface area (Å²) in [5.74, 6) is 1.61. The smallest absolute Gasteiger partial charge is 0.259 e. The van der Waals surface area contributed by atoms with Crippen LogP contribution in [-0.4, -0.2) is 53.6 Å². The highest BCUT2D eigenvalue weighted by molar-refractivity contribution is 7.18. The van der Waals surface area contributed by atoms with E-state index in [4.69, 9.17) is 4.74 Å². The van der Waals surface area contributed by atoms with Crippen LogP contribution >= 0.6 is 11.3 Å². The molecule has 1 aliphatic carbocycles. The molecule has 3 aromatic rings. The van der Waals surface area contributed by atoms with Crippen LogP contribution in [-0.2, 0) is 24.1 Å². The predicted octanol–water partition coefficient (Wildman–Crippen LogP) is 3.15. The molecule has 1 fully saturated rings. The third kappa shape index (κ3) is 3.99. The zero-order valence-electron chi connectivity index (χ0n) is 18.4. The maximum absolute atomic E-state index is 12.8. The first-order chi connectivity index (χ1) is 15.6. The normalized spacial score (nSPS) is 15.9. The van der Waals surface area contributed by atoms with Gasteiger partial charge in [-0.05, 0) is 43.9 Å². The maximum atomic E-state index is 12.8. The lowest BCUT2D eigenvalue weighted by Gasteiger charge is -2.36. The number of nitrogens with zero attached hydrogens (tertiary/aromatic N) is 3. The number of aromatic nitrogens is 2. The Morgan fingerprint density at radius 1 is 1.19 bits per heavy atom. The number of aryl methyl sites for hydroxylation is 3. The summed E-state index contributed by atoms with van der Waals surface area (Å²) in [6, 6.07) is 8.06. The van der Waals surface area contributed by atoms with E-state index in [2.05, 4.69) is 20.9 Å². The Hall–Kier alpha value is -2.87. The molecule has 1 saturated heterocycles. The molecular formula is C24H28N4O3S. The monoisotopic (exact) mass is 452 g/mol. The molecule has 0 spiro atoms. The van der Waals surface area contributed by atoms with Crippen LogP contribution in [0.5, 0.6) is 5.75 Å². The molecule has 0 atom stereocenters. The fourth-order valence-electron chi connectivity index (χ4n) is 4.74. The fraction of sp³-hybridized carbons (Fsp3) is 0.458. The van der Waals surface area contributed by atoms with Crippen molar-refractivity contribution in [3.8, 4) is 5.75 Å². The van der Waals surface area contributed by atoms with E-state index >= 15 is 0 Å². The van der Waals surface area contributed by atoms with E-state index in [0.717, 1.165) is 54.0 Å². The SMILES string of the molecule is CCOc1ccccc1N1CCN(C(=O)CCc2nc3sc4c(c3c(=O)[nH]2)CCC4)CC1. The number of hydrogen-bond acceptors (Lipinski definition) is 6. The van der Waals surface area contributed by atoms with Crippen molar-refractivity contribution >= 4 is 33.1 Å². The van der Waals surface area contributed by atoms with Crippen LogP contribution in [0.25, 0.3) is 10.2 Å². The molecule has 1 aliphatic heterocycles. The second kappa shape index (κ2) is 8.94. The van der Waals surface area contributed by atoms with E-state index in [1.54, 1.807) is 11.3 Å². The minimum Gasteiger partial charge on any atom is -0.492 e. The molecule has 0 bridgehead atoms. The van der Waals surface area contributed by atoms with Crippen LogP contribution in [0.2, 0.25) is 0 Å². The van der Waals surface area contributed by atoms with Gasteiger partial charge in [-0.2, -0.15) is 0 Å². The summed E-state index contributed by atoms with van der Waals surface area (Å²) in [6.07, 6.45) is 3.95. The number of ether oxygens (including phenoxy) is 1. The van der Waals surface area contributed by atoms with Crippen molar-refractivity contribution in [1.29, 1.82) is 0 Å². The van der Waals surface area contributed by atoms with Crippen LogP contribution in [0.4, 0.5) is 5.69 Å². The fourth-order valence-corrected chi connectivity index (χ4v) is 6.02. The second-order valence-electron chi connectivity index (χ2n) is 8.32. The first kappa shape index (κ1) is 21.0. The molecule has 1 aromatic carbocycles. The minimum absolute atomic E-state index is 0.0570. The first-order valence-electron chi connectivity index (χ1n) is 11.4. The number of carbonyl (C=O) groups excluding carboxylic acids is 1. The molecule has 2 aromatic heterocycles. The number of hydrogen-bond donors (Lipinski definition) is 1. The highest BCUT2D eigenvalue weighted by Gasteiger charge is 2.24. The van der Waals surface area contributed by atoms with Gasteiger partial charge in [0.15, 0.2) is 0 Å². The summed E-state index contributed by atoms with van der Waals surface area (Å²) in [7, 11) is 0. The number of benzene rings is 1. The number of fused-ring (bicyclic) bond motifs is 3. The highest BCUT2D eigenvalue weighted by atomic mass is 32.1. The Bertz CT molecular complexity index is 1190. The lowest BCUT2D eigenvalue weighted by Crippen LogP contribution is -2.49. The summed E-state index contributed by atoms with van der Waals surface area (Å²) in [5, 5.41) is 0.765. The summed E-state index contributed by atoms with van der Waals surface area (Å²) >= 11 is 1.64. The Balaban J connectivity index is 1.19. The van der Waals surface area contributed by atoms with Crippen LogP contribution in [0.3, 0.4) is 0 Å². The summed E-state index contributed by atoms with van der Waals surface area (Å²) in [5.41, 5.74) is 2.21. The molecular weight excluding hydrogens is 424 g/mol. The van der Waals surface area contributed by atoms with Gasteiger partial charge >= 0.3 is 0 Å². The van der Waals surface area contributed by atoms with Gasteiger partial charge in [0.05, 0.1) is 17.7 Å². The molecule has 2 aliphatic rings. The molecule has 1 N–H and O–H groups in total. The van der Waals surface area contributed by atoms with Gasteiger partial charge in [0.25, 0.3) is 5.56 Å². The van der Waals surface area contributed by atoms with Crippen molar-refractivity contribution in [3.05, 3.63) is 50.9 Å². The highest BCUT2D eigenvalue weighted by Crippen LogP contribution is 2.34. The van der Waals surface area contributed by atoms with Crippen LogP contribution in [0.1, 0.15) is 36.0 Å². The molecule has 32 heavy (non-hydrogen) atoms. The number of H-pyrrole nitrogens is 1. The van der Waals surface area contributed by atoms with Gasteiger partial charge in [-0.3, -0.25) is 9.59 Å². The standard InChI is InChI=1S/C24H28N4O3S/c1-2-31-18-8-4-3-7-17(18)27-12-14-28(15-13-27)21(29)11-10-20-25-23(30)22-16-6-5-9-19(16)32-24(22)26-20/h3-4,7-8H,2,5-6,9-15H2,1H3,(H,25,26,30). The zero-order valence-corrected chi connectivity index (χ0v) is 19.2. The molecule has 0 radical (unpaired) electrons. The largest absolute Gasteiger partial charge is 0.492 e. The van der Waals surface area contributed by atoms with Gasteiger partial charge in [0.1, 0.15) is 16.4 Å². The van der Waals surface area contributed by atoms with Gasteiger partial charge < -0.3 is 19.5 Å². The Morgan fingerprint density at radius 3 is 2.81 bits per heavy atom. The number of piperazine rings is 1. The summed E-state index contributed by atoms with van der Waals surface area (Å²) < 4.78 is 5.75. The Labute approximate surface area is 191 Å². The van der Waals surface area contributed by atoms with E-state index in [1.807, 2.05) is 30.0 Å². The van der Waals surface area contributed by atoms with Crippen LogP contribution < -0.4 is 15.2 Å². The van der Waals surface area contributed by atoms with Gasteiger partial charge in [-0.25, -0.2) is 4.98 Å². The number of amides is 1. The topological polar surface area (TPSA) is 78.5 Å². The lowest BCUT2D eigenvalue weighted by molar-refractivity contribution is -0.131. The van der Waals surface area contributed by atoms with Crippen molar-refractivity contribution in [1.82, 2.24) is 14.9 Å². The first-order valence-corrected chi connectivity index (χ1v) is 12.2. The van der Waals surface area contributed by atoms with Crippen LogP contribution in [0, 0.1) is 0 Å². The summed E-state index contributed by atoms with van der Waals surface area (Å²) in [4.78, 5) is 39.3. The number of thiophene rings is 1. The minimum atomic E-state index is -0.0570. The number of nitrogens with one attached hydrogen (secondary N) is 1. The second-order valence-corrected chi connectivity index (χ2v) is 9.40. The zero-order chi connectivity index (χ0) is 22.1. The van der Waals surface area contributed by atoms with Gasteiger partial charge in [-0.15, -0.1) is 11.3 Å². The van der Waals surface area contributed by atoms with E-state index < -0.39 is 0 Å². The maximum Gasteiger partial charge on any atom is 0.259 e. The molecule has 3 heterocycles. The van der Waals surface area contributed by atoms with Crippen LogP contribution in [0.15, 0.2) is 29.1 Å². The third-order valence-corrected chi connectivity index (χ3v) is 7.52. The Kier molecular flexibility index (Phi) is 5.87. The quantitative estimate of drug-likeness (QED) is 0.622. The molecule has 5 rings (SSSR count). The van der Waals surface area contributed by atoms with E-state index in [-0.39, 0.29) is 11.5 Å². The molecule has 7 nitrogen and oxygen atoms in total. The molecule has 0 saturated carbocycles. The number of anilines is 1. The molecule has 0 unspecified atom stereocenters. The Morgan fingerprint density at radius 2 is 2.00 bits per heavy atom. The number of carbonyl (C=O) groups is 1. The van der Waals surface area contributed by atoms with E-state index in [0.29, 0.717) is 38.4 Å². The van der Waals surface area contributed by atoms with Gasteiger partial charge in [-0.1, -0.05) is 12.1 Å². The van der Waals surface area contributed by atoms with Crippen molar-refractivity contribution < 1.29 is 9.53 Å². The number of rotatable bonds is 6. The summed E-state index contributed by atoms with van der Waals surface area (Å²) in [6.45, 7) is 5.53. The number of aromatic amines is 1. The lowest BCUT2D eigenvalue weighted by atomic mass is 10.2. The predicted molar refractivity (Wildman–Crippen MR) is 127 cm³/mol. The molecule has 168 valence electrons. The average molecular weight is 453 g/mol. The van der Waals surface area contributed by atoms with Crippen molar-refractivity contribution in [2.24, 2.45) is 0 Å². The molecule has 1 amide bonds. The molecule has 8 heteroatoms. The van der Waals surface area contributed by atoms with Crippen molar-refractivity contribution in [3.63, 3.8) is 0 Å². The van der Waals surface area contributed by atoms with Crippen molar-refractivity contribution in [2.45, 2.75) is 39.0 Å². The van der Waals surface area contributed by atoms with Gasteiger partial charge in [0, 0.05) is 43.9 Å². The van der Waals surface area contributed by atoms with Gasteiger partial charge in [0.2, 0.25) is 5.91 Å². The van der Waals surface area contributed by atoms with E-state index in [9.17, 15) is 9.59 Å². The third-order valence-electron chi connectivity index (χ3n) is 6.34. The van der Waals surface area contributed by atoms with Crippen molar-refractivity contribution in [2.75, 3.05) is 37.7 Å². The number of para-hydroxylation sites is 2.